The smallest absolute Gasteiger partial charge is 0.225 e. The summed E-state index contributed by atoms with van der Waals surface area (Å²) in [4.78, 5) is 13.5. The minimum atomic E-state index is -0.786. The molecule has 1 amide bonds. The molecule has 122 valence electrons. The number of aliphatic hydroxyl groups excluding tert-OH is 1. The lowest BCUT2D eigenvalue weighted by Crippen LogP contribution is -2.32. The van der Waals surface area contributed by atoms with E-state index in [1.807, 2.05) is 54.6 Å². The van der Waals surface area contributed by atoms with Crippen LogP contribution in [-0.2, 0) is 11.3 Å². The molecule has 0 spiro atoms. The molecule has 0 bridgehead atoms. The van der Waals surface area contributed by atoms with Crippen LogP contribution >= 0.6 is 0 Å². The topological polar surface area (TPSA) is 75.8 Å². The van der Waals surface area contributed by atoms with E-state index in [0.717, 1.165) is 17.1 Å². The maximum absolute atomic E-state index is 11.9. The molecule has 0 aliphatic rings. The van der Waals surface area contributed by atoms with E-state index in [2.05, 4.69) is 0 Å². The quantitative estimate of drug-likeness (QED) is 0.821. The Bertz CT molecular complexity index is 614. The van der Waals surface area contributed by atoms with Gasteiger partial charge >= 0.3 is 0 Å². The monoisotopic (exact) mass is 314 g/mol. The van der Waals surface area contributed by atoms with Gasteiger partial charge in [0.05, 0.1) is 12.5 Å². The molecule has 0 aliphatic carbocycles. The number of hydrogen-bond donors (Lipinski definition) is 2. The zero-order chi connectivity index (χ0) is 16.7. The fourth-order valence-electron chi connectivity index (χ4n) is 2.09. The lowest BCUT2D eigenvalue weighted by molar-refractivity contribution is -0.132. The number of ether oxygens (including phenoxy) is 1. The Morgan fingerprint density at radius 2 is 1.74 bits per heavy atom. The van der Waals surface area contributed by atoms with Gasteiger partial charge in [-0.3, -0.25) is 4.79 Å². The summed E-state index contributed by atoms with van der Waals surface area (Å²) in [6.07, 6.45) is -0.742. The molecule has 0 fully saturated rings. The zero-order valence-electron chi connectivity index (χ0n) is 13.2. The van der Waals surface area contributed by atoms with Crippen LogP contribution in [0.5, 0.6) is 11.5 Å². The Morgan fingerprint density at radius 1 is 1.13 bits per heavy atom. The molecule has 2 rings (SSSR count). The van der Waals surface area contributed by atoms with Crippen molar-refractivity contribution in [2.45, 2.75) is 19.1 Å². The number of nitrogens with zero attached hydrogens (tertiary/aromatic N) is 1. The van der Waals surface area contributed by atoms with Gasteiger partial charge in [-0.15, -0.1) is 0 Å². The van der Waals surface area contributed by atoms with Gasteiger partial charge in [-0.05, 0) is 29.8 Å². The first-order chi connectivity index (χ1) is 11.1. The predicted molar refractivity (Wildman–Crippen MR) is 89.1 cm³/mol. The number of rotatable bonds is 7. The molecular formula is C18H22N2O3. The number of benzene rings is 2. The Morgan fingerprint density at radius 3 is 2.35 bits per heavy atom. The van der Waals surface area contributed by atoms with Crippen LogP contribution in [0.25, 0.3) is 0 Å². The summed E-state index contributed by atoms with van der Waals surface area (Å²) in [5.74, 6) is 1.39. The summed E-state index contributed by atoms with van der Waals surface area (Å²) in [6.45, 7) is 0.562. The zero-order valence-corrected chi connectivity index (χ0v) is 13.2. The molecule has 23 heavy (non-hydrogen) atoms. The average Bonchev–Trinajstić information content (AvgIpc) is 2.57. The van der Waals surface area contributed by atoms with E-state index in [1.54, 1.807) is 11.9 Å². The second-order valence-electron chi connectivity index (χ2n) is 5.40. The van der Waals surface area contributed by atoms with Crippen molar-refractivity contribution < 1.29 is 14.6 Å². The Hall–Kier alpha value is -2.37. The van der Waals surface area contributed by atoms with Crippen molar-refractivity contribution >= 4 is 5.91 Å². The minimum Gasteiger partial charge on any atom is -0.457 e. The second kappa shape index (κ2) is 8.31. The van der Waals surface area contributed by atoms with Crippen molar-refractivity contribution in [2.75, 3.05) is 13.6 Å². The van der Waals surface area contributed by atoms with Gasteiger partial charge in [0.1, 0.15) is 11.5 Å². The van der Waals surface area contributed by atoms with Gasteiger partial charge in [-0.25, -0.2) is 0 Å². The van der Waals surface area contributed by atoms with Gasteiger partial charge in [-0.1, -0.05) is 30.3 Å². The lowest BCUT2D eigenvalue weighted by Gasteiger charge is -2.19. The summed E-state index contributed by atoms with van der Waals surface area (Å²) < 4.78 is 5.73. The molecule has 2 aromatic rings. The van der Waals surface area contributed by atoms with E-state index in [1.165, 1.54) is 0 Å². The maximum atomic E-state index is 11.9. The number of para-hydroxylation sites is 1. The third kappa shape index (κ3) is 5.39. The normalized spacial score (nSPS) is 11.8. The van der Waals surface area contributed by atoms with E-state index < -0.39 is 6.10 Å². The SMILES string of the molecule is CN(Cc1ccc(Oc2ccccc2)cc1)C(=O)CC(O)CN. The van der Waals surface area contributed by atoms with E-state index >= 15 is 0 Å². The fraction of sp³-hybridized carbons (Fsp3) is 0.278. The van der Waals surface area contributed by atoms with Crippen molar-refractivity contribution in [1.29, 1.82) is 0 Å². The van der Waals surface area contributed by atoms with E-state index in [-0.39, 0.29) is 18.9 Å². The van der Waals surface area contributed by atoms with Gasteiger partial charge in [-0.2, -0.15) is 0 Å². The predicted octanol–water partition coefficient (Wildman–Crippen LogP) is 2.15. The number of carbonyl (C=O) groups excluding carboxylic acids is 1. The molecule has 0 saturated carbocycles. The molecule has 3 N–H and O–H groups in total. The Kier molecular flexibility index (Phi) is 6.14. The Labute approximate surface area is 136 Å². The van der Waals surface area contributed by atoms with Gasteiger partial charge < -0.3 is 20.5 Å². The largest absolute Gasteiger partial charge is 0.457 e. The number of hydrogen-bond acceptors (Lipinski definition) is 4. The van der Waals surface area contributed by atoms with E-state index in [4.69, 9.17) is 10.5 Å². The maximum Gasteiger partial charge on any atom is 0.225 e. The van der Waals surface area contributed by atoms with Crippen LogP contribution in [0.2, 0.25) is 0 Å². The highest BCUT2D eigenvalue weighted by Gasteiger charge is 2.13. The minimum absolute atomic E-state index is 0.0439. The second-order valence-corrected chi connectivity index (χ2v) is 5.40. The molecule has 2 aromatic carbocycles. The van der Waals surface area contributed by atoms with Crippen LogP contribution in [0.1, 0.15) is 12.0 Å². The van der Waals surface area contributed by atoms with E-state index in [9.17, 15) is 9.90 Å². The van der Waals surface area contributed by atoms with Crippen LogP contribution in [0.4, 0.5) is 0 Å². The molecule has 0 radical (unpaired) electrons. The molecular weight excluding hydrogens is 292 g/mol. The Balaban J connectivity index is 1.90. The number of amides is 1. The molecule has 1 unspecified atom stereocenters. The third-order valence-corrected chi connectivity index (χ3v) is 3.43. The fourth-order valence-corrected chi connectivity index (χ4v) is 2.09. The first-order valence-electron chi connectivity index (χ1n) is 7.52. The molecule has 0 aromatic heterocycles. The van der Waals surface area contributed by atoms with Crippen LogP contribution in [0.15, 0.2) is 54.6 Å². The highest BCUT2D eigenvalue weighted by atomic mass is 16.5. The first-order valence-corrected chi connectivity index (χ1v) is 7.52. The van der Waals surface area contributed by atoms with Crippen LogP contribution < -0.4 is 10.5 Å². The molecule has 5 heteroatoms. The molecule has 0 aliphatic heterocycles. The van der Waals surface area contributed by atoms with Crippen LogP contribution in [0.3, 0.4) is 0 Å². The first kappa shape index (κ1) is 17.0. The van der Waals surface area contributed by atoms with Crippen molar-refractivity contribution in [1.82, 2.24) is 4.90 Å². The number of aliphatic hydroxyl groups is 1. The molecule has 1 atom stereocenters. The van der Waals surface area contributed by atoms with Gasteiger partial charge in [0.15, 0.2) is 0 Å². The molecule has 0 saturated heterocycles. The van der Waals surface area contributed by atoms with Crippen molar-refractivity contribution in [2.24, 2.45) is 5.73 Å². The number of carbonyl (C=O) groups is 1. The van der Waals surface area contributed by atoms with Gasteiger partial charge in [0, 0.05) is 20.1 Å². The standard InChI is InChI=1S/C18H22N2O3/c1-20(18(22)11-15(21)12-19)13-14-7-9-17(10-8-14)23-16-5-3-2-4-6-16/h2-10,15,21H,11-13,19H2,1H3. The van der Waals surface area contributed by atoms with Crippen molar-refractivity contribution in [3.05, 3.63) is 60.2 Å². The summed E-state index contributed by atoms with van der Waals surface area (Å²) in [7, 11) is 1.71. The molecule has 0 heterocycles. The summed E-state index contributed by atoms with van der Waals surface area (Å²) in [6, 6.07) is 17.1. The highest BCUT2D eigenvalue weighted by Crippen LogP contribution is 2.21. The molecule has 5 nitrogen and oxygen atoms in total. The van der Waals surface area contributed by atoms with Crippen LogP contribution in [-0.4, -0.2) is 35.6 Å². The average molecular weight is 314 g/mol. The lowest BCUT2D eigenvalue weighted by atomic mass is 10.2. The van der Waals surface area contributed by atoms with Gasteiger partial charge in [0.2, 0.25) is 5.91 Å². The third-order valence-electron chi connectivity index (χ3n) is 3.43. The summed E-state index contributed by atoms with van der Waals surface area (Å²) in [5.41, 5.74) is 6.31. The number of nitrogens with two attached hydrogens (primary N) is 1. The van der Waals surface area contributed by atoms with Gasteiger partial charge in [0.25, 0.3) is 0 Å². The van der Waals surface area contributed by atoms with Crippen LogP contribution in [0, 0.1) is 0 Å². The van der Waals surface area contributed by atoms with Crippen molar-refractivity contribution in [3.63, 3.8) is 0 Å². The van der Waals surface area contributed by atoms with Crippen molar-refractivity contribution in [3.8, 4) is 11.5 Å². The van der Waals surface area contributed by atoms with E-state index in [0.29, 0.717) is 6.54 Å². The summed E-state index contributed by atoms with van der Waals surface area (Å²) >= 11 is 0. The summed E-state index contributed by atoms with van der Waals surface area (Å²) in [5, 5.41) is 9.43. The highest BCUT2D eigenvalue weighted by molar-refractivity contribution is 5.76.